The van der Waals surface area contributed by atoms with Crippen molar-refractivity contribution in [1.82, 2.24) is 4.90 Å². The molecule has 0 amide bonds. The lowest BCUT2D eigenvalue weighted by Gasteiger charge is -2.19. The van der Waals surface area contributed by atoms with Gasteiger partial charge in [-0.1, -0.05) is 47.5 Å². The molecule has 1 atom stereocenters. The molecule has 1 aromatic carbocycles. The van der Waals surface area contributed by atoms with E-state index in [1.54, 1.807) is 0 Å². The van der Waals surface area contributed by atoms with E-state index in [1.807, 2.05) is 24.3 Å². The van der Waals surface area contributed by atoms with Gasteiger partial charge in [-0.2, -0.15) is 0 Å². The van der Waals surface area contributed by atoms with Crippen LogP contribution in [0.2, 0.25) is 0 Å². The third-order valence-electron chi connectivity index (χ3n) is 4.06. The average Bonchev–Trinajstić information content (AvgIpc) is 2.64. The monoisotopic (exact) mass is 323 g/mol. The third kappa shape index (κ3) is 4.15. The van der Waals surface area contributed by atoms with E-state index in [9.17, 15) is 4.79 Å². The van der Waals surface area contributed by atoms with Gasteiger partial charge in [0.05, 0.1) is 6.54 Å². The highest BCUT2D eigenvalue weighted by Crippen LogP contribution is 2.21. The van der Waals surface area contributed by atoms with Gasteiger partial charge in [-0.05, 0) is 44.3 Å². The van der Waals surface area contributed by atoms with Crippen molar-refractivity contribution in [2.24, 2.45) is 5.92 Å². The summed E-state index contributed by atoms with van der Waals surface area (Å²) < 4.78 is 0.904. The zero-order chi connectivity index (χ0) is 13.7. The second-order valence-electron chi connectivity index (χ2n) is 5.38. The molecule has 0 aliphatic carbocycles. The van der Waals surface area contributed by atoms with Crippen molar-refractivity contribution in [1.29, 1.82) is 0 Å². The van der Waals surface area contributed by atoms with Gasteiger partial charge in [-0.3, -0.25) is 9.69 Å². The highest BCUT2D eigenvalue weighted by molar-refractivity contribution is 9.10. The van der Waals surface area contributed by atoms with Crippen molar-refractivity contribution < 1.29 is 4.79 Å². The SMILES string of the molecule is CCC1CCCN(CC(=O)c2ccccc2Br)CC1. The topological polar surface area (TPSA) is 20.3 Å². The van der Waals surface area contributed by atoms with Crippen LogP contribution in [0.15, 0.2) is 28.7 Å². The van der Waals surface area contributed by atoms with E-state index in [-0.39, 0.29) is 5.78 Å². The second kappa shape index (κ2) is 7.20. The van der Waals surface area contributed by atoms with Crippen LogP contribution in [0.25, 0.3) is 0 Å². The van der Waals surface area contributed by atoms with Gasteiger partial charge in [-0.15, -0.1) is 0 Å². The normalized spacial score (nSPS) is 21.1. The molecule has 19 heavy (non-hydrogen) atoms. The van der Waals surface area contributed by atoms with Crippen molar-refractivity contribution >= 4 is 21.7 Å². The minimum atomic E-state index is 0.224. The first kappa shape index (κ1) is 14.7. The number of likely N-dealkylation sites (tertiary alicyclic amines) is 1. The Bertz CT molecular complexity index is 433. The van der Waals surface area contributed by atoms with Crippen molar-refractivity contribution in [3.05, 3.63) is 34.3 Å². The first-order valence-corrected chi connectivity index (χ1v) is 8.00. The number of rotatable bonds is 4. The first-order valence-electron chi connectivity index (χ1n) is 7.20. The molecule has 0 saturated carbocycles. The summed E-state index contributed by atoms with van der Waals surface area (Å²) in [5, 5.41) is 0. The minimum absolute atomic E-state index is 0.224. The predicted octanol–water partition coefficient (Wildman–Crippen LogP) is 4.14. The Morgan fingerprint density at radius 2 is 2.11 bits per heavy atom. The zero-order valence-electron chi connectivity index (χ0n) is 11.6. The highest BCUT2D eigenvalue weighted by atomic mass is 79.9. The van der Waals surface area contributed by atoms with Gasteiger partial charge in [0.1, 0.15) is 0 Å². The van der Waals surface area contributed by atoms with Crippen molar-refractivity contribution in [3.63, 3.8) is 0 Å². The summed E-state index contributed by atoms with van der Waals surface area (Å²) in [6, 6.07) is 7.70. The number of benzene rings is 1. The van der Waals surface area contributed by atoms with Crippen LogP contribution in [0.3, 0.4) is 0 Å². The van der Waals surface area contributed by atoms with E-state index < -0.39 is 0 Å². The first-order chi connectivity index (χ1) is 9.20. The van der Waals surface area contributed by atoms with Gasteiger partial charge in [0, 0.05) is 10.0 Å². The van der Waals surface area contributed by atoms with Gasteiger partial charge in [-0.25, -0.2) is 0 Å². The van der Waals surface area contributed by atoms with Crippen LogP contribution < -0.4 is 0 Å². The number of halogens is 1. The summed E-state index contributed by atoms with van der Waals surface area (Å²) in [7, 11) is 0. The van der Waals surface area contributed by atoms with E-state index >= 15 is 0 Å². The molecule has 3 heteroatoms. The summed E-state index contributed by atoms with van der Waals surface area (Å²) in [5.41, 5.74) is 0.804. The summed E-state index contributed by atoms with van der Waals surface area (Å²) in [4.78, 5) is 14.6. The summed E-state index contributed by atoms with van der Waals surface area (Å²) in [5.74, 6) is 1.07. The zero-order valence-corrected chi connectivity index (χ0v) is 13.2. The third-order valence-corrected chi connectivity index (χ3v) is 4.75. The van der Waals surface area contributed by atoms with Crippen molar-refractivity contribution in [3.8, 4) is 0 Å². The lowest BCUT2D eigenvalue weighted by molar-refractivity contribution is 0.0931. The lowest BCUT2D eigenvalue weighted by Crippen LogP contribution is -2.31. The maximum Gasteiger partial charge on any atom is 0.177 e. The molecule has 1 saturated heterocycles. The quantitative estimate of drug-likeness (QED) is 0.776. The van der Waals surface area contributed by atoms with Gasteiger partial charge in [0.25, 0.3) is 0 Å². The number of hydrogen-bond donors (Lipinski definition) is 0. The predicted molar refractivity (Wildman–Crippen MR) is 82.5 cm³/mol. The molecule has 0 spiro atoms. The molecule has 1 unspecified atom stereocenters. The average molecular weight is 324 g/mol. The van der Waals surface area contributed by atoms with E-state index in [0.717, 1.165) is 29.0 Å². The number of carbonyl (C=O) groups excluding carboxylic acids is 1. The second-order valence-corrected chi connectivity index (χ2v) is 6.24. The van der Waals surface area contributed by atoms with E-state index in [4.69, 9.17) is 0 Å². The Balaban J connectivity index is 1.94. The Hall–Kier alpha value is -0.670. The van der Waals surface area contributed by atoms with Crippen LogP contribution in [0.1, 0.15) is 43.0 Å². The molecule has 0 N–H and O–H groups in total. The molecule has 2 rings (SSSR count). The Labute approximate surface area is 124 Å². The number of ketones is 1. The smallest absolute Gasteiger partial charge is 0.177 e. The van der Waals surface area contributed by atoms with Crippen molar-refractivity contribution in [2.75, 3.05) is 19.6 Å². The molecule has 1 aliphatic rings. The maximum absolute atomic E-state index is 12.3. The molecule has 1 fully saturated rings. The fourth-order valence-corrected chi connectivity index (χ4v) is 3.27. The summed E-state index contributed by atoms with van der Waals surface area (Å²) >= 11 is 3.46. The minimum Gasteiger partial charge on any atom is -0.296 e. The van der Waals surface area contributed by atoms with Gasteiger partial charge in [0.2, 0.25) is 0 Å². The number of nitrogens with zero attached hydrogens (tertiary/aromatic N) is 1. The molecular formula is C16H22BrNO. The van der Waals surface area contributed by atoms with E-state index in [2.05, 4.69) is 27.8 Å². The molecular weight excluding hydrogens is 302 g/mol. The number of hydrogen-bond acceptors (Lipinski definition) is 2. The number of Topliss-reactive ketones (excluding diaryl/α,β-unsaturated/α-hetero) is 1. The molecule has 0 radical (unpaired) electrons. The molecule has 0 bridgehead atoms. The van der Waals surface area contributed by atoms with Crippen molar-refractivity contribution in [2.45, 2.75) is 32.6 Å². The van der Waals surface area contributed by atoms with Crippen LogP contribution in [0.5, 0.6) is 0 Å². The molecule has 104 valence electrons. The van der Waals surface area contributed by atoms with E-state index in [1.165, 1.54) is 25.7 Å². The molecule has 1 aromatic rings. The molecule has 2 nitrogen and oxygen atoms in total. The maximum atomic E-state index is 12.3. The number of carbonyl (C=O) groups is 1. The molecule has 1 heterocycles. The standard InChI is InChI=1S/C16H22BrNO/c1-2-13-6-5-10-18(11-9-13)12-16(19)14-7-3-4-8-15(14)17/h3-4,7-8,13H,2,5-6,9-12H2,1H3. The fraction of sp³-hybridized carbons (Fsp3) is 0.562. The van der Waals surface area contributed by atoms with E-state index in [0.29, 0.717) is 6.54 Å². The molecule has 1 aliphatic heterocycles. The van der Waals surface area contributed by atoms with Gasteiger partial charge >= 0.3 is 0 Å². The van der Waals surface area contributed by atoms with Crippen LogP contribution >= 0.6 is 15.9 Å². The summed E-state index contributed by atoms with van der Waals surface area (Å²) in [6.07, 6.45) is 5.05. The van der Waals surface area contributed by atoms with Crippen LogP contribution in [-0.4, -0.2) is 30.3 Å². The lowest BCUT2D eigenvalue weighted by atomic mass is 9.98. The van der Waals surface area contributed by atoms with Crippen LogP contribution in [0, 0.1) is 5.92 Å². The van der Waals surface area contributed by atoms with Gasteiger partial charge in [0.15, 0.2) is 5.78 Å². The Kier molecular flexibility index (Phi) is 5.59. The summed E-state index contributed by atoms with van der Waals surface area (Å²) in [6.45, 7) is 4.95. The van der Waals surface area contributed by atoms with Crippen LogP contribution in [0.4, 0.5) is 0 Å². The molecule has 0 aromatic heterocycles. The Morgan fingerprint density at radius 1 is 1.32 bits per heavy atom. The fourth-order valence-electron chi connectivity index (χ4n) is 2.77. The highest BCUT2D eigenvalue weighted by Gasteiger charge is 2.19. The largest absolute Gasteiger partial charge is 0.296 e. The Morgan fingerprint density at radius 3 is 2.84 bits per heavy atom. The van der Waals surface area contributed by atoms with Crippen LogP contribution in [-0.2, 0) is 0 Å². The van der Waals surface area contributed by atoms with Gasteiger partial charge < -0.3 is 0 Å².